The second kappa shape index (κ2) is 8.73. The lowest BCUT2D eigenvalue weighted by Crippen LogP contribution is -2.45. The normalized spacial score (nSPS) is 14.4. The van der Waals surface area contributed by atoms with Gasteiger partial charge in [-0.1, -0.05) is 6.92 Å². The summed E-state index contributed by atoms with van der Waals surface area (Å²) in [7, 11) is 1.63. The van der Waals surface area contributed by atoms with Crippen molar-refractivity contribution in [3.05, 3.63) is 18.2 Å². The lowest BCUT2D eigenvalue weighted by atomic mass is 9.97. The summed E-state index contributed by atoms with van der Waals surface area (Å²) in [6, 6.07) is -0.341. The first-order valence-electron chi connectivity index (χ1n) is 9.06. The van der Waals surface area contributed by atoms with Gasteiger partial charge in [-0.2, -0.15) is 0 Å². The number of ether oxygens (including phenoxy) is 2. The Balaban J connectivity index is 2.92. The fourth-order valence-corrected chi connectivity index (χ4v) is 2.41. The smallest absolute Gasteiger partial charge is 0.419 e. The molecule has 1 heterocycles. The summed E-state index contributed by atoms with van der Waals surface area (Å²) in [6.45, 7) is 12.5. The molecule has 8 heteroatoms. The number of nitrogens with zero attached hydrogens (tertiary/aromatic N) is 3. The van der Waals surface area contributed by atoms with Crippen LogP contribution in [-0.2, 0) is 15.9 Å². The van der Waals surface area contributed by atoms with Crippen molar-refractivity contribution in [2.24, 2.45) is 5.92 Å². The molecule has 0 bridgehead atoms. The van der Waals surface area contributed by atoms with Crippen LogP contribution in [0.1, 0.15) is 54.2 Å². The highest BCUT2D eigenvalue weighted by atomic mass is 16.6. The summed E-state index contributed by atoms with van der Waals surface area (Å²) < 4.78 is 12.0. The van der Waals surface area contributed by atoms with Crippen LogP contribution in [0.4, 0.5) is 9.59 Å². The Kier molecular flexibility index (Phi) is 7.42. The number of likely N-dealkylation sites (N-methyl/N-ethyl adjacent to an activating group) is 1. The molecule has 1 N–H and O–H groups in total. The van der Waals surface area contributed by atoms with Crippen molar-refractivity contribution < 1.29 is 24.2 Å². The maximum Gasteiger partial charge on any atom is 0.419 e. The number of aliphatic hydroxyl groups is 1. The minimum atomic E-state index is -0.614. The summed E-state index contributed by atoms with van der Waals surface area (Å²) in [5.41, 5.74) is -0.607. The molecule has 0 aromatic carbocycles. The molecular weight excluding hydrogens is 350 g/mol. The standard InChI is InChI=1S/C19H33N3O5/c1-13(11-23)15(21(8)16(24)26-18(2,3)4)9-14-10-22(12-20-14)17(25)27-19(5,6)7/h10,12-13,15,23H,9,11H2,1-8H3/t13?,15-/m0/s1. The zero-order valence-corrected chi connectivity index (χ0v) is 17.6. The highest BCUT2D eigenvalue weighted by molar-refractivity contribution is 5.70. The molecule has 27 heavy (non-hydrogen) atoms. The molecular formula is C19H33N3O5. The van der Waals surface area contributed by atoms with E-state index < -0.39 is 23.4 Å². The average Bonchev–Trinajstić information content (AvgIpc) is 2.96. The zero-order valence-electron chi connectivity index (χ0n) is 17.6. The van der Waals surface area contributed by atoms with Crippen molar-refractivity contribution in [3.8, 4) is 0 Å². The SMILES string of the molecule is CC(CO)[C@H](Cc1cn(C(=O)OC(C)(C)C)cn1)N(C)C(=O)OC(C)(C)C. The first kappa shape index (κ1) is 23.0. The van der Waals surface area contributed by atoms with Crippen LogP contribution < -0.4 is 0 Å². The van der Waals surface area contributed by atoms with Gasteiger partial charge < -0.3 is 19.5 Å². The van der Waals surface area contributed by atoms with Crippen molar-refractivity contribution in [1.29, 1.82) is 0 Å². The molecule has 2 atom stereocenters. The lowest BCUT2D eigenvalue weighted by molar-refractivity contribution is 0.0137. The van der Waals surface area contributed by atoms with Gasteiger partial charge >= 0.3 is 12.2 Å². The number of hydrogen-bond donors (Lipinski definition) is 1. The van der Waals surface area contributed by atoms with E-state index in [-0.39, 0.29) is 18.6 Å². The van der Waals surface area contributed by atoms with Crippen molar-refractivity contribution in [3.63, 3.8) is 0 Å². The van der Waals surface area contributed by atoms with Crippen molar-refractivity contribution in [1.82, 2.24) is 14.5 Å². The van der Waals surface area contributed by atoms with Gasteiger partial charge in [0.25, 0.3) is 0 Å². The molecule has 1 aromatic heterocycles. The molecule has 0 aliphatic heterocycles. The number of hydrogen-bond acceptors (Lipinski definition) is 6. The van der Waals surface area contributed by atoms with E-state index in [1.165, 1.54) is 15.8 Å². The second-order valence-corrected chi connectivity index (χ2v) is 8.78. The van der Waals surface area contributed by atoms with Gasteiger partial charge in [0.1, 0.15) is 17.5 Å². The number of imidazole rings is 1. The Hall–Kier alpha value is -2.09. The molecule has 0 spiro atoms. The maximum atomic E-state index is 12.4. The van der Waals surface area contributed by atoms with Crippen LogP contribution in [0.3, 0.4) is 0 Å². The van der Waals surface area contributed by atoms with Crippen LogP contribution in [-0.4, -0.2) is 62.6 Å². The van der Waals surface area contributed by atoms with Crippen molar-refractivity contribution in [2.75, 3.05) is 13.7 Å². The fourth-order valence-electron chi connectivity index (χ4n) is 2.41. The third-order valence-corrected chi connectivity index (χ3v) is 3.78. The highest BCUT2D eigenvalue weighted by Gasteiger charge is 2.30. The molecule has 0 fully saturated rings. The quantitative estimate of drug-likeness (QED) is 0.840. The zero-order chi connectivity index (χ0) is 21.0. The molecule has 0 saturated heterocycles. The Morgan fingerprint density at radius 1 is 1.19 bits per heavy atom. The Bertz CT molecular complexity index is 643. The summed E-state index contributed by atoms with van der Waals surface area (Å²) in [5.74, 6) is -0.200. The van der Waals surface area contributed by atoms with Gasteiger partial charge in [0, 0.05) is 38.2 Å². The van der Waals surface area contributed by atoms with E-state index >= 15 is 0 Å². The largest absolute Gasteiger partial charge is 0.444 e. The number of aromatic nitrogens is 2. The van der Waals surface area contributed by atoms with Crippen molar-refractivity contribution >= 4 is 12.2 Å². The van der Waals surface area contributed by atoms with E-state index in [0.717, 1.165) is 0 Å². The number of amides is 1. The number of aliphatic hydroxyl groups excluding tert-OH is 1. The van der Waals surface area contributed by atoms with Gasteiger partial charge in [-0.25, -0.2) is 19.1 Å². The van der Waals surface area contributed by atoms with Crippen molar-refractivity contribution in [2.45, 2.75) is 72.1 Å². The Morgan fingerprint density at radius 2 is 1.74 bits per heavy atom. The molecule has 0 aliphatic carbocycles. The molecule has 1 aromatic rings. The van der Waals surface area contributed by atoms with Gasteiger partial charge in [0.05, 0.1) is 5.69 Å². The first-order chi connectivity index (χ1) is 12.2. The minimum absolute atomic E-state index is 0.0927. The minimum Gasteiger partial charge on any atom is -0.444 e. The van der Waals surface area contributed by atoms with Gasteiger partial charge in [-0.3, -0.25) is 0 Å². The van der Waals surface area contributed by atoms with Crippen LogP contribution in [0.5, 0.6) is 0 Å². The van der Waals surface area contributed by atoms with Crippen LogP contribution >= 0.6 is 0 Å². The molecule has 0 radical (unpaired) electrons. The molecule has 0 aliphatic rings. The van der Waals surface area contributed by atoms with Gasteiger partial charge in [0.2, 0.25) is 0 Å². The Morgan fingerprint density at radius 3 is 2.22 bits per heavy atom. The molecule has 1 unspecified atom stereocenters. The van der Waals surface area contributed by atoms with Crippen LogP contribution in [0, 0.1) is 5.92 Å². The molecule has 8 nitrogen and oxygen atoms in total. The fraction of sp³-hybridized carbons (Fsp3) is 0.737. The summed E-state index contributed by atoms with van der Waals surface area (Å²) in [4.78, 5) is 30.2. The monoisotopic (exact) mass is 383 g/mol. The van der Waals surface area contributed by atoms with E-state index in [1.807, 2.05) is 6.92 Å². The van der Waals surface area contributed by atoms with E-state index in [9.17, 15) is 14.7 Å². The van der Waals surface area contributed by atoms with Crippen LogP contribution in [0.15, 0.2) is 12.5 Å². The molecule has 0 saturated carbocycles. The summed E-state index contributed by atoms with van der Waals surface area (Å²) in [5, 5.41) is 9.59. The maximum absolute atomic E-state index is 12.4. The van der Waals surface area contributed by atoms with E-state index in [2.05, 4.69) is 4.98 Å². The van der Waals surface area contributed by atoms with E-state index in [1.54, 1.807) is 54.8 Å². The predicted molar refractivity (Wildman–Crippen MR) is 102 cm³/mol. The number of carbonyl (C=O) groups is 2. The lowest BCUT2D eigenvalue weighted by Gasteiger charge is -2.33. The molecule has 1 amide bonds. The van der Waals surface area contributed by atoms with E-state index in [4.69, 9.17) is 9.47 Å². The second-order valence-electron chi connectivity index (χ2n) is 8.78. The topological polar surface area (TPSA) is 93.9 Å². The average molecular weight is 383 g/mol. The predicted octanol–water partition coefficient (Wildman–Crippen LogP) is 3.07. The third kappa shape index (κ3) is 7.58. The van der Waals surface area contributed by atoms with Crippen LogP contribution in [0.25, 0.3) is 0 Å². The van der Waals surface area contributed by atoms with Gasteiger partial charge in [0.15, 0.2) is 0 Å². The van der Waals surface area contributed by atoms with Crippen LogP contribution in [0.2, 0.25) is 0 Å². The third-order valence-electron chi connectivity index (χ3n) is 3.78. The van der Waals surface area contributed by atoms with Gasteiger partial charge in [-0.05, 0) is 41.5 Å². The molecule has 154 valence electrons. The Labute approximate surface area is 161 Å². The molecule has 1 rings (SSSR count). The number of carbonyl (C=O) groups excluding carboxylic acids is 2. The van der Waals surface area contributed by atoms with E-state index in [0.29, 0.717) is 12.1 Å². The highest BCUT2D eigenvalue weighted by Crippen LogP contribution is 2.19. The first-order valence-corrected chi connectivity index (χ1v) is 9.06. The summed E-state index contributed by atoms with van der Waals surface area (Å²) >= 11 is 0. The van der Waals surface area contributed by atoms with Gasteiger partial charge in [-0.15, -0.1) is 0 Å². The number of rotatable bonds is 5. The summed E-state index contributed by atoms with van der Waals surface area (Å²) in [6.07, 6.45) is 2.34.